The van der Waals surface area contributed by atoms with Crippen molar-refractivity contribution in [2.75, 3.05) is 0 Å². The Kier molecular flexibility index (Phi) is 4.90. The van der Waals surface area contributed by atoms with Crippen LogP contribution in [-0.4, -0.2) is 11.6 Å². The van der Waals surface area contributed by atoms with Crippen LogP contribution in [0.1, 0.15) is 57.2 Å². The van der Waals surface area contributed by atoms with E-state index in [1.165, 1.54) is 0 Å². The molecular formula is C23H20O2. The first-order valence-corrected chi connectivity index (χ1v) is 8.41. The Morgan fingerprint density at radius 3 is 1.36 bits per heavy atom. The fourth-order valence-corrected chi connectivity index (χ4v) is 2.76. The van der Waals surface area contributed by atoms with E-state index in [-0.39, 0.29) is 17.5 Å². The highest BCUT2D eigenvalue weighted by molar-refractivity contribution is 6.13. The van der Waals surface area contributed by atoms with Crippen LogP contribution >= 0.6 is 0 Å². The zero-order valence-corrected chi connectivity index (χ0v) is 14.4. The van der Waals surface area contributed by atoms with E-state index in [1.807, 2.05) is 48.5 Å². The van der Waals surface area contributed by atoms with E-state index < -0.39 is 0 Å². The van der Waals surface area contributed by atoms with Gasteiger partial charge in [0.2, 0.25) is 0 Å². The Bertz CT molecular complexity index is 824. The molecule has 124 valence electrons. The molecular weight excluding hydrogens is 308 g/mol. The van der Waals surface area contributed by atoms with E-state index in [4.69, 9.17) is 0 Å². The molecule has 0 saturated heterocycles. The monoisotopic (exact) mass is 328 g/mol. The molecule has 0 bridgehead atoms. The fourth-order valence-electron chi connectivity index (χ4n) is 2.76. The molecule has 0 spiro atoms. The maximum Gasteiger partial charge on any atom is 0.193 e. The van der Waals surface area contributed by atoms with Crippen LogP contribution in [-0.2, 0) is 0 Å². The van der Waals surface area contributed by atoms with Crippen LogP contribution in [0.25, 0.3) is 0 Å². The van der Waals surface area contributed by atoms with Gasteiger partial charge in [0.05, 0.1) is 0 Å². The molecule has 0 N–H and O–H groups in total. The van der Waals surface area contributed by atoms with E-state index in [2.05, 4.69) is 13.8 Å². The summed E-state index contributed by atoms with van der Waals surface area (Å²) in [5.41, 5.74) is 3.34. The van der Waals surface area contributed by atoms with Crippen LogP contribution in [0.5, 0.6) is 0 Å². The van der Waals surface area contributed by atoms with Crippen molar-refractivity contribution in [1.29, 1.82) is 0 Å². The lowest BCUT2D eigenvalue weighted by Gasteiger charge is -2.12. The highest BCUT2D eigenvalue weighted by Crippen LogP contribution is 2.22. The number of carbonyl (C=O) groups excluding carboxylic acids is 2. The smallest absolute Gasteiger partial charge is 0.193 e. The van der Waals surface area contributed by atoms with Gasteiger partial charge in [-0.25, -0.2) is 0 Å². The molecule has 3 rings (SSSR count). The van der Waals surface area contributed by atoms with Crippen molar-refractivity contribution in [2.45, 2.75) is 19.8 Å². The van der Waals surface area contributed by atoms with Crippen molar-refractivity contribution < 1.29 is 9.59 Å². The Balaban J connectivity index is 2.07. The second-order valence-corrected chi connectivity index (χ2v) is 6.39. The quantitative estimate of drug-likeness (QED) is 0.598. The predicted molar refractivity (Wildman–Crippen MR) is 100 cm³/mol. The molecule has 0 aromatic heterocycles. The van der Waals surface area contributed by atoms with Crippen LogP contribution in [0.15, 0.2) is 78.9 Å². The second kappa shape index (κ2) is 7.27. The number of rotatable bonds is 5. The molecule has 3 aromatic rings. The predicted octanol–water partition coefficient (Wildman–Crippen LogP) is 5.27. The van der Waals surface area contributed by atoms with E-state index in [0.29, 0.717) is 22.3 Å². The minimum atomic E-state index is -0.0646. The number of benzene rings is 3. The van der Waals surface area contributed by atoms with Gasteiger partial charge in [0, 0.05) is 22.3 Å². The molecule has 2 heteroatoms. The van der Waals surface area contributed by atoms with Crippen molar-refractivity contribution in [3.8, 4) is 0 Å². The molecule has 0 heterocycles. The minimum absolute atomic E-state index is 0.0646. The summed E-state index contributed by atoms with van der Waals surface area (Å²) >= 11 is 0. The van der Waals surface area contributed by atoms with Crippen molar-refractivity contribution in [1.82, 2.24) is 0 Å². The average molecular weight is 328 g/mol. The van der Waals surface area contributed by atoms with Gasteiger partial charge in [-0.2, -0.15) is 0 Å². The first-order valence-electron chi connectivity index (χ1n) is 8.41. The van der Waals surface area contributed by atoms with Crippen molar-refractivity contribution in [3.05, 3.63) is 107 Å². The number of ketones is 2. The molecule has 0 fully saturated rings. The normalized spacial score (nSPS) is 10.7. The van der Waals surface area contributed by atoms with Crippen LogP contribution < -0.4 is 0 Å². The molecule has 3 aromatic carbocycles. The molecule has 0 saturated carbocycles. The van der Waals surface area contributed by atoms with E-state index in [0.717, 1.165) is 5.56 Å². The lowest BCUT2D eigenvalue weighted by molar-refractivity contribution is 0.103. The van der Waals surface area contributed by atoms with Gasteiger partial charge in [0.15, 0.2) is 11.6 Å². The summed E-state index contributed by atoms with van der Waals surface area (Å²) in [7, 11) is 0. The second-order valence-electron chi connectivity index (χ2n) is 6.39. The topological polar surface area (TPSA) is 34.1 Å². The fraction of sp³-hybridized carbons (Fsp3) is 0.130. The summed E-state index contributed by atoms with van der Waals surface area (Å²) in [4.78, 5) is 25.6. The molecule has 0 atom stereocenters. The number of hydrogen-bond donors (Lipinski definition) is 0. The molecule has 0 amide bonds. The van der Waals surface area contributed by atoms with Gasteiger partial charge in [-0.15, -0.1) is 0 Å². The van der Waals surface area contributed by atoms with Gasteiger partial charge in [0.1, 0.15) is 0 Å². The zero-order valence-electron chi connectivity index (χ0n) is 14.4. The third-order valence-corrected chi connectivity index (χ3v) is 4.22. The van der Waals surface area contributed by atoms with E-state index in [9.17, 15) is 9.59 Å². The van der Waals surface area contributed by atoms with Gasteiger partial charge in [-0.3, -0.25) is 9.59 Å². The van der Waals surface area contributed by atoms with Gasteiger partial charge in [-0.1, -0.05) is 74.5 Å². The number of carbonyl (C=O) groups is 2. The molecule has 0 unspecified atom stereocenters. The summed E-state index contributed by atoms with van der Waals surface area (Å²) in [6.07, 6.45) is 0. The van der Waals surface area contributed by atoms with E-state index in [1.54, 1.807) is 30.3 Å². The third-order valence-electron chi connectivity index (χ3n) is 4.22. The summed E-state index contributed by atoms with van der Waals surface area (Å²) in [6.45, 7) is 4.12. The third kappa shape index (κ3) is 3.74. The minimum Gasteiger partial charge on any atom is -0.289 e. The summed E-state index contributed by atoms with van der Waals surface area (Å²) in [5, 5.41) is 0. The Morgan fingerprint density at radius 2 is 1.00 bits per heavy atom. The van der Waals surface area contributed by atoms with Crippen molar-refractivity contribution in [3.63, 3.8) is 0 Å². The summed E-state index contributed by atoms with van der Waals surface area (Å²) in [6, 6.07) is 23.8. The lowest BCUT2D eigenvalue weighted by Crippen LogP contribution is -2.08. The summed E-state index contributed by atoms with van der Waals surface area (Å²) in [5.74, 6) is 0.0984. The molecule has 0 aliphatic rings. The lowest BCUT2D eigenvalue weighted by atomic mass is 9.91. The van der Waals surface area contributed by atoms with Crippen LogP contribution in [0, 0.1) is 0 Å². The van der Waals surface area contributed by atoms with Gasteiger partial charge < -0.3 is 0 Å². The molecule has 2 nitrogen and oxygen atoms in total. The Hall–Kier alpha value is -3.00. The number of hydrogen-bond acceptors (Lipinski definition) is 2. The first-order chi connectivity index (χ1) is 12.1. The largest absolute Gasteiger partial charge is 0.289 e. The Labute approximate surface area is 148 Å². The van der Waals surface area contributed by atoms with Gasteiger partial charge in [-0.05, 0) is 29.7 Å². The highest BCUT2D eigenvalue weighted by atomic mass is 16.1. The van der Waals surface area contributed by atoms with Crippen molar-refractivity contribution >= 4 is 11.6 Å². The van der Waals surface area contributed by atoms with Crippen LogP contribution in [0.4, 0.5) is 0 Å². The first kappa shape index (κ1) is 16.8. The van der Waals surface area contributed by atoms with Gasteiger partial charge in [0.25, 0.3) is 0 Å². The zero-order chi connectivity index (χ0) is 17.8. The summed E-state index contributed by atoms with van der Waals surface area (Å²) < 4.78 is 0. The molecule has 0 radical (unpaired) electrons. The molecule has 25 heavy (non-hydrogen) atoms. The maximum atomic E-state index is 12.8. The molecule has 0 aliphatic carbocycles. The maximum absolute atomic E-state index is 12.8. The average Bonchev–Trinajstić information content (AvgIpc) is 2.67. The van der Waals surface area contributed by atoms with Crippen LogP contribution in [0.2, 0.25) is 0 Å². The van der Waals surface area contributed by atoms with E-state index >= 15 is 0 Å². The van der Waals surface area contributed by atoms with Gasteiger partial charge >= 0.3 is 0 Å². The molecule has 0 aliphatic heterocycles. The van der Waals surface area contributed by atoms with Crippen molar-refractivity contribution in [2.24, 2.45) is 0 Å². The highest BCUT2D eigenvalue weighted by Gasteiger charge is 2.16. The Morgan fingerprint density at radius 1 is 0.600 bits per heavy atom. The SMILES string of the molecule is CC(C)c1cc(C(=O)c2ccccc2)cc(C(=O)c2ccccc2)c1. The standard InChI is InChI=1S/C23H20O2/c1-16(2)19-13-20(22(24)17-9-5-3-6-10-17)15-21(14-19)23(25)18-11-7-4-8-12-18/h3-16H,1-2H3. The van der Waals surface area contributed by atoms with Crippen LogP contribution in [0.3, 0.4) is 0 Å².